The van der Waals surface area contributed by atoms with Gasteiger partial charge in [0.1, 0.15) is 5.52 Å². The highest BCUT2D eigenvalue weighted by Crippen LogP contribution is 2.31. The lowest BCUT2D eigenvalue weighted by molar-refractivity contribution is 0.0954. The number of nitrogens with one attached hydrogen (secondary N) is 1. The van der Waals surface area contributed by atoms with Gasteiger partial charge in [-0.3, -0.25) is 4.79 Å². The highest BCUT2D eigenvalue weighted by molar-refractivity contribution is 7.09. The van der Waals surface area contributed by atoms with E-state index in [9.17, 15) is 4.79 Å². The number of thiazole rings is 1. The van der Waals surface area contributed by atoms with Gasteiger partial charge in [0.25, 0.3) is 5.91 Å². The topological polar surface area (TPSA) is 72.7 Å². The van der Waals surface area contributed by atoms with Crippen LogP contribution >= 0.6 is 11.3 Å². The molecule has 1 fully saturated rings. The highest BCUT2D eigenvalue weighted by Gasteiger charge is 2.20. The summed E-state index contributed by atoms with van der Waals surface area (Å²) in [7, 11) is 0. The third kappa shape index (κ3) is 3.28. The molecule has 1 aliphatic rings. The number of fused-ring (bicyclic) bond motifs is 1. The molecule has 1 aliphatic carbocycles. The Labute approximate surface area is 150 Å². The molecule has 4 rings (SSSR count). The zero-order chi connectivity index (χ0) is 17.2. The van der Waals surface area contributed by atoms with Gasteiger partial charge in [-0.25, -0.2) is 15.0 Å². The van der Waals surface area contributed by atoms with Crippen molar-refractivity contribution >= 4 is 28.4 Å². The molecule has 1 saturated carbocycles. The largest absolute Gasteiger partial charge is 0.352 e. The predicted molar refractivity (Wildman–Crippen MR) is 97.9 cm³/mol. The number of imidazole rings is 1. The van der Waals surface area contributed by atoms with Gasteiger partial charge in [0.05, 0.1) is 23.1 Å². The van der Waals surface area contributed by atoms with Gasteiger partial charge in [-0.15, -0.1) is 11.3 Å². The zero-order valence-electron chi connectivity index (χ0n) is 14.2. The van der Waals surface area contributed by atoms with Crippen molar-refractivity contribution in [3.63, 3.8) is 0 Å². The van der Waals surface area contributed by atoms with Gasteiger partial charge in [-0.1, -0.05) is 12.8 Å². The number of hydrogen-bond donors (Lipinski definition) is 1. The Hall–Kier alpha value is -2.28. The second-order valence-electron chi connectivity index (χ2n) is 6.52. The Morgan fingerprint density at radius 2 is 2.16 bits per heavy atom. The molecule has 3 heterocycles. The van der Waals surface area contributed by atoms with Crippen LogP contribution in [-0.2, 0) is 6.42 Å². The normalized spacial score (nSPS) is 15.1. The number of pyridine rings is 1. The molecule has 0 bridgehead atoms. The molecule has 0 spiro atoms. The minimum Gasteiger partial charge on any atom is -0.352 e. The molecule has 1 N–H and O–H groups in total. The molecular weight excluding hydrogens is 334 g/mol. The molecule has 3 aromatic rings. The molecule has 0 aliphatic heterocycles. The summed E-state index contributed by atoms with van der Waals surface area (Å²) in [5.74, 6) is -0.105. The quantitative estimate of drug-likeness (QED) is 0.762. The summed E-state index contributed by atoms with van der Waals surface area (Å²) in [6.45, 7) is 2.59. The molecule has 0 atom stereocenters. The second kappa shape index (κ2) is 6.92. The minimum atomic E-state index is -0.105. The standard InChI is InChI=1S/C18H21N5OS/c1-12-16(25-11-22-12)6-7-19-18(24)13-8-15-17(20-9-13)23(10-21-15)14-4-2-3-5-14/h8-11,14H,2-7H2,1H3,(H,19,24). The average Bonchev–Trinajstić information content (AvgIpc) is 3.34. The lowest BCUT2D eigenvalue weighted by atomic mass is 10.2. The van der Waals surface area contributed by atoms with Gasteiger partial charge in [0.2, 0.25) is 0 Å². The maximum atomic E-state index is 12.4. The number of nitrogens with zero attached hydrogens (tertiary/aromatic N) is 4. The van der Waals surface area contributed by atoms with Crippen molar-refractivity contribution in [3.8, 4) is 0 Å². The van der Waals surface area contributed by atoms with Crippen molar-refractivity contribution in [1.82, 2.24) is 24.8 Å². The first-order valence-electron chi connectivity index (χ1n) is 8.72. The van der Waals surface area contributed by atoms with E-state index < -0.39 is 0 Å². The molecule has 7 heteroatoms. The van der Waals surface area contributed by atoms with Crippen LogP contribution in [0.5, 0.6) is 0 Å². The smallest absolute Gasteiger partial charge is 0.252 e. The summed E-state index contributed by atoms with van der Waals surface area (Å²) < 4.78 is 2.16. The highest BCUT2D eigenvalue weighted by atomic mass is 32.1. The third-order valence-corrected chi connectivity index (χ3v) is 5.87. The van der Waals surface area contributed by atoms with Gasteiger partial charge in [-0.05, 0) is 25.8 Å². The molecule has 25 heavy (non-hydrogen) atoms. The summed E-state index contributed by atoms with van der Waals surface area (Å²) in [4.78, 5) is 26.8. The van der Waals surface area contributed by atoms with Gasteiger partial charge >= 0.3 is 0 Å². The summed E-state index contributed by atoms with van der Waals surface area (Å²) in [5, 5.41) is 2.96. The Morgan fingerprint density at radius 3 is 2.92 bits per heavy atom. The minimum absolute atomic E-state index is 0.105. The van der Waals surface area contributed by atoms with Crippen LogP contribution in [0.3, 0.4) is 0 Å². The van der Waals surface area contributed by atoms with Crippen LogP contribution in [0.4, 0.5) is 0 Å². The first-order valence-corrected chi connectivity index (χ1v) is 9.60. The van der Waals surface area contributed by atoms with E-state index in [1.54, 1.807) is 17.5 Å². The number of rotatable bonds is 5. The molecule has 0 radical (unpaired) electrons. The van der Waals surface area contributed by atoms with E-state index in [1.165, 1.54) is 30.6 Å². The van der Waals surface area contributed by atoms with E-state index >= 15 is 0 Å². The third-order valence-electron chi connectivity index (χ3n) is 4.88. The van der Waals surface area contributed by atoms with Crippen LogP contribution in [0.2, 0.25) is 0 Å². The van der Waals surface area contributed by atoms with Crippen LogP contribution in [0, 0.1) is 6.92 Å². The van der Waals surface area contributed by atoms with Crippen molar-refractivity contribution < 1.29 is 4.79 Å². The van der Waals surface area contributed by atoms with E-state index in [0.717, 1.165) is 23.3 Å². The van der Waals surface area contributed by atoms with Crippen LogP contribution < -0.4 is 5.32 Å². The van der Waals surface area contributed by atoms with Crippen LogP contribution in [-0.4, -0.2) is 32.0 Å². The lowest BCUT2D eigenvalue weighted by Gasteiger charge is -2.11. The average molecular weight is 355 g/mol. The van der Waals surface area contributed by atoms with E-state index in [0.29, 0.717) is 18.2 Å². The summed E-state index contributed by atoms with van der Waals surface area (Å²) in [6.07, 6.45) is 9.23. The fraction of sp³-hybridized carbons (Fsp3) is 0.444. The van der Waals surface area contributed by atoms with Crippen molar-refractivity contribution in [1.29, 1.82) is 0 Å². The van der Waals surface area contributed by atoms with Gasteiger partial charge < -0.3 is 9.88 Å². The number of carbonyl (C=O) groups is 1. The Bertz CT molecular complexity index is 894. The maximum absolute atomic E-state index is 12.4. The van der Waals surface area contributed by atoms with Crippen molar-refractivity contribution in [3.05, 3.63) is 40.2 Å². The number of aromatic nitrogens is 4. The SMILES string of the molecule is Cc1ncsc1CCNC(=O)c1cnc2c(c1)ncn2C1CCCC1. The van der Waals surface area contributed by atoms with Gasteiger partial charge in [0.15, 0.2) is 5.65 Å². The van der Waals surface area contributed by atoms with Crippen molar-refractivity contribution in [2.75, 3.05) is 6.54 Å². The fourth-order valence-corrected chi connectivity index (χ4v) is 4.23. The van der Waals surface area contributed by atoms with Crippen LogP contribution in [0.25, 0.3) is 11.2 Å². The summed E-state index contributed by atoms with van der Waals surface area (Å²) >= 11 is 1.63. The molecule has 1 amide bonds. The predicted octanol–water partition coefficient (Wildman–Crippen LogP) is 3.28. The molecular formula is C18H21N5OS. The summed E-state index contributed by atoms with van der Waals surface area (Å²) in [5.41, 5.74) is 5.11. The molecule has 130 valence electrons. The van der Waals surface area contributed by atoms with Gasteiger partial charge in [-0.2, -0.15) is 0 Å². The van der Waals surface area contributed by atoms with Crippen LogP contribution in [0.15, 0.2) is 24.1 Å². The Morgan fingerprint density at radius 1 is 1.32 bits per heavy atom. The van der Waals surface area contributed by atoms with E-state index in [2.05, 4.69) is 24.8 Å². The molecule has 0 aromatic carbocycles. The zero-order valence-corrected chi connectivity index (χ0v) is 15.1. The number of carbonyl (C=O) groups excluding carboxylic acids is 1. The van der Waals surface area contributed by atoms with Crippen LogP contribution in [0.1, 0.15) is 52.7 Å². The first kappa shape index (κ1) is 16.2. The number of amides is 1. The lowest BCUT2D eigenvalue weighted by Crippen LogP contribution is -2.25. The number of aryl methyl sites for hydroxylation is 1. The Kier molecular flexibility index (Phi) is 4.48. The first-order chi connectivity index (χ1) is 12.2. The van der Waals surface area contributed by atoms with E-state index in [4.69, 9.17) is 0 Å². The number of hydrogen-bond acceptors (Lipinski definition) is 5. The molecule has 0 unspecified atom stereocenters. The summed E-state index contributed by atoms with van der Waals surface area (Å²) in [6, 6.07) is 2.33. The Balaban J connectivity index is 1.44. The van der Waals surface area contributed by atoms with Gasteiger partial charge in [0, 0.05) is 30.1 Å². The monoisotopic (exact) mass is 355 g/mol. The molecule has 0 saturated heterocycles. The van der Waals surface area contributed by atoms with E-state index in [1.807, 2.05) is 24.8 Å². The van der Waals surface area contributed by atoms with E-state index in [-0.39, 0.29) is 5.91 Å². The fourth-order valence-electron chi connectivity index (χ4n) is 3.45. The second-order valence-corrected chi connectivity index (χ2v) is 7.46. The van der Waals surface area contributed by atoms with Crippen molar-refractivity contribution in [2.24, 2.45) is 0 Å². The molecule has 3 aromatic heterocycles. The molecule has 6 nitrogen and oxygen atoms in total. The van der Waals surface area contributed by atoms with Crippen molar-refractivity contribution in [2.45, 2.75) is 45.1 Å². The maximum Gasteiger partial charge on any atom is 0.252 e.